The number of carbonyl (C=O) groups is 1. The Morgan fingerprint density at radius 1 is 0.903 bits per heavy atom. The summed E-state index contributed by atoms with van der Waals surface area (Å²) in [5.41, 5.74) is 4.47. The van der Waals surface area contributed by atoms with E-state index in [0.717, 1.165) is 28.6 Å². The number of esters is 1. The molecule has 158 valence electrons. The van der Waals surface area contributed by atoms with Crippen LogP contribution < -0.4 is 0 Å². The minimum absolute atomic E-state index is 0.219. The molecule has 0 aliphatic heterocycles. The van der Waals surface area contributed by atoms with Gasteiger partial charge in [0.15, 0.2) is 0 Å². The van der Waals surface area contributed by atoms with E-state index in [9.17, 15) is 4.79 Å². The highest BCUT2D eigenvalue weighted by Gasteiger charge is 2.30. The number of carbonyl (C=O) groups excluding carboxylic acids is 1. The first kappa shape index (κ1) is 20.9. The zero-order chi connectivity index (χ0) is 21.6. The lowest BCUT2D eigenvalue weighted by molar-refractivity contribution is -0.149. The van der Waals surface area contributed by atoms with Crippen LogP contribution in [0.5, 0.6) is 0 Å². The smallest absolute Gasteiger partial charge is 0.328 e. The molecular formula is C27H28N2O2. The maximum atomic E-state index is 13.1. The Morgan fingerprint density at radius 3 is 2.19 bits per heavy atom. The van der Waals surface area contributed by atoms with E-state index in [4.69, 9.17) is 4.74 Å². The summed E-state index contributed by atoms with van der Waals surface area (Å²) in [6, 6.07) is 28.4. The van der Waals surface area contributed by atoms with Crippen LogP contribution in [0.25, 0.3) is 10.9 Å². The van der Waals surface area contributed by atoms with Crippen molar-refractivity contribution in [3.05, 3.63) is 108 Å². The molecule has 0 aliphatic carbocycles. The van der Waals surface area contributed by atoms with E-state index in [1.54, 1.807) is 0 Å². The van der Waals surface area contributed by atoms with Crippen molar-refractivity contribution in [3.63, 3.8) is 0 Å². The highest BCUT2D eigenvalue weighted by molar-refractivity contribution is 5.90. The molecule has 1 unspecified atom stereocenters. The molecule has 4 nitrogen and oxygen atoms in total. The molecule has 0 N–H and O–H groups in total. The number of hydrogen-bond acceptors (Lipinski definition) is 3. The highest BCUT2D eigenvalue weighted by Crippen LogP contribution is 2.32. The lowest BCUT2D eigenvalue weighted by Crippen LogP contribution is -2.32. The molecule has 1 atom stereocenters. The highest BCUT2D eigenvalue weighted by atomic mass is 16.5. The molecule has 0 fully saturated rings. The largest absolute Gasteiger partial charge is 0.465 e. The maximum Gasteiger partial charge on any atom is 0.328 e. The Bertz CT molecular complexity index is 1140. The summed E-state index contributed by atoms with van der Waals surface area (Å²) in [6.07, 6.45) is 2.11. The van der Waals surface area contributed by atoms with Crippen molar-refractivity contribution in [2.45, 2.75) is 26.1 Å². The van der Waals surface area contributed by atoms with Crippen molar-refractivity contribution in [1.29, 1.82) is 0 Å². The van der Waals surface area contributed by atoms with Gasteiger partial charge >= 0.3 is 5.97 Å². The average Bonchev–Trinajstić information content (AvgIpc) is 3.13. The van der Waals surface area contributed by atoms with Gasteiger partial charge in [0, 0.05) is 35.8 Å². The number of nitrogens with zero attached hydrogens (tertiary/aromatic N) is 2. The van der Waals surface area contributed by atoms with Crippen LogP contribution in [-0.2, 0) is 22.6 Å². The summed E-state index contributed by atoms with van der Waals surface area (Å²) in [5.74, 6) is -0.219. The lowest BCUT2D eigenvalue weighted by Gasteiger charge is -2.26. The molecule has 0 spiro atoms. The Balaban J connectivity index is 1.75. The number of rotatable bonds is 8. The predicted molar refractivity (Wildman–Crippen MR) is 125 cm³/mol. The first-order valence-corrected chi connectivity index (χ1v) is 10.7. The Morgan fingerprint density at radius 2 is 1.52 bits per heavy atom. The fourth-order valence-electron chi connectivity index (χ4n) is 4.13. The van der Waals surface area contributed by atoms with Gasteiger partial charge < -0.3 is 9.30 Å². The number of ether oxygens (including phenoxy) is 1. The Hall–Kier alpha value is -3.37. The quantitative estimate of drug-likeness (QED) is 0.362. The van der Waals surface area contributed by atoms with E-state index in [1.807, 2.05) is 50.4 Å². The normalized spacial score (nSPS) is 12.2. The molecule has 4 aromatic rings. The molecular weight excluding hydrogens is 384 g/mol. The molecule has 4 rings (SSSR count). The van der Waals surface area contributed by atoms with Gasteiger partial charge in [0.2, 0.25) is 0 Å². The van der Waals surface area contributed by atoms with Gasteiger partial charge in [0.05, 0.1) is 6.61 Å². The predicted octanol–water partition coefficient (Wildman–Crippen LogP) is 5.43. The standard InChI is InChI=1S/C27H28N2O2/c1-3-31-27(30)26(28(2)18-21-12-6-4-7-13-21)24-20-29(19-22-14-8-5-9-15-22)25-17-11-10-16-23(24)25/h4-17,20,26H,3,18-19H2,1-2H3. The fraction of sp³-hybridized carbons (Fsp3) is 0.222. The Kier molecular flexibility index (Phi) is 6.48. The van der Waals surface area contributed by atoms with Crippen LogP contribution in [-0.4, -0.2) is 29.1 Å². The van der Waals surface area contributed by atoms with Gasteiger partial charge in [-0.2, -0.15) is 0 Å². The van der Waals surface area contributed by atoms with Crippen LogP contribution in [0.15, 0.2) is 91.1 Å². The second-order valence-corrected chi connectivity index (χ2v) is 7.77. The van der Waals surface area contributed by atoms with Gasteiger partial charge in [-0.15, -0.1) is 0 Å². The number of likely N-dealkylation sites (N-methyl/N-ethyl adjacent to an activating group) is 1. The SMILES string of the molecule is CCOC(=O)C(c1cn(Cc2ccccc2)c2ccccc12)N(C)Cc1ccccc1. The van der Waals surface area contributed by atoms with Crippen molar-refractivity contribution in [2.24, 2.45) is 0 Å². The van der Waals surface area contributed by atoms with E-state index in [1.165, 1.54) is 5.56 Å². The fourth-order valence-corrected chi connectivity index (χ4v) is 4.13. The van der Waals surface area contributed by atoms with Crippen LogP contribution in [0, 0.1) is 0 Å². The first-order valence-electron chi connectivity index (χ1n) is 10.7. The summed E-state index contributed by atoms with van der Waals surface area (Å²) >= 11 is 0. The van der Waals surface area contributed by atoms with E-state index in [2.05, 4.69) is 64.2 Å². The van der Waals surface area contributed by atoms with Crippen molar-refractivity contribution >= 4 is 16.9 Å². The molecule has 0 amide bonds. The van der Waals surface area contributed by atoms with Gasteiger partial charge in [-0.05, 0) is 31.2 Å². The molecule has 4 heteroatoms. The number of para-hydroxylation sites is 1. The third kappa shape index (κ3) is 4.70. The molecule has 31 heavy (non-hydrogen) atoms. The molecule has 0 radical (unpaired) electrons. The zero-order valence-corrected chi connectivity index (χ0v) is 18.1. The first-order chi connectivity index (χ1) is 15.2. The van der Waals surface area contributed by atoms with Crippen LogP contribution in [0.1, 0.15) is 29.7 Å². The van der Waals surface area contributed by atoms with Crippen molar-refractivity contribution in [3.8, 4) is 0 Å². The van der Waals surface area contributed by atoms with Gasteiger partial charge in [-0.25, -0.2) is 4.79 Å². The topological polar surface area (TPSA) is 34.5 Å². The van der Waals surface area contributed by atoms with Crippen LogP contribution in [0.2, 0.25) is 0 Å². The number of aromatic nitrogens is 1. The van der Waals surface area contributed by atoms with Crippen LogP contribution >= 0.6 is 0 Å². The third-order valence-electron chi connectivity index (χ3n) is 5.54. The average molecular weight is 413 g/mol. The third-order valence-corrected chi connectivity index (χ3v) is 5.54. The number of fused-ring (bicyclic) bond motifs is 1. The summed E-state index contributed by atoms with van der Waals surface area (Å²) in [4.78, 5) is 15.2. The molecule has 0 saturated carbocycles. The summed E-state index contributed by atoms with van der Waals surface area (Å²) in [7, 11) is 1.98. The molecule has 1 aromatic heterocycles. The van der Waals surface area contributed by atoms with Gasteiger partial charge in [-0.1, -0.05) is 78.9 Å². The van der Waals surface area contributed by atoms with E-state index < -0.39 is 6.04 Å². The van der Waals surface area contributed by atoms with Crippen molar-refractivity contribution in [1.82, 2.24) is 9.47 Å². The van der Waals surface area contributed by atoms with Gasteiger partial charge in [-0.3, -0.25) is 4.90 Å². The van der Waals surface area contributed by atoms with E-state index in [0.29, 0.717) is 13.2 Å². The van der Waals surface area contributed by atoms with Crippen LogP contribution in [0.4, 0.5) is 0 Å². The second kappa shape index (κ2) is 9.63. The molecule has 0 saturated heterocycles. The summed E-state index contributed by atoms with van der Waals surface area (Å²) < 4.78 is 7.73. The van der Waals surface area contributed by atoms with Gasteiger partial charge in [0.1, 0.15) is 6.04 Å². The maximum absolute atomic E-state index is 13.1. The lowest BCUT2D eigenvalue weighted by atomic mass is 10.0. The molecule has 0 aliphatic rings. The van der Waals surface area contributed by atoms with Gasteiger partial charge in [0.25, 0.3) is 0 Å². The number of benzene rings is 3. The Labute approximate surface area is 183 Å². The van der Waals surface area contributed by atoms with Crippen LogP contribution in [0.3, 0.4) is 0 Å². The van der Waals surface area contributed by atoms with Crippen molar-refractivity contribution < 1.29 is 9.53 Å². The summed E-state index contributed by atoms with van der Waals surface area (Å²) in [6.45, 7) is 3.61. The molecule has 0 bridgehead atoms. The van der Waals surface area contributed by atoms with Crippen molar-refractivity contribution in [2.75, 3.05) is 13.7 Å². The minimum atomic E-state index is -0.484. The second-order valence-electron chi connectivity index (χ2n) is 7.77. The zero-order valence-electron chi connectivity index (χ0n) is 18.1. The minimum Gasteiger partial charge on any atom is -0.465 e. The van der Waals surface area contributed by atoms with E-state index >= 15 is 0 Å². The molecule has 1 heterocycles. The summed E-state index contributed by atoms with van der Waals surface area (Å²) in [5, 5.41) is 1.08. The van der Waals surface area contributed by atoms with E-state index in [-0.39, 0.29) is 5.97 Å². The number of hydrogen-bond donors (Lipinski definition) is 0. The molecule has 3 aromatic carbocycles. The monoisotopic (exact) mass is 412 g/mol.